The molecule has 0 radical (unpaired) electrons. The fourth-order valence-electron chi connectivity index (χ4n) is 1.79. The molecule has 6 nitrogen and oxygen atoms in total. The molecular formula is C10H9N5O. The lowest BCUT2D eigenvalue weighted by Gasteiger charge is -1.99. The third-order valence-electron chi connectivity index (χ3n) is 2.54. The first-order valence-electron chi connectivity index (χ1n) is 4.72. The zero-order valence-corrected chi connectivity index (χ0v) is 8.25. The average molecular weight is 215 g/mol. The summed E-state index contributed by atoms with van der Waals surface area (Å²) in [5, 5.41) is 9.77. The summed E-state index contributed by atoms with van der Waals surface area (Å²) in [6.07, 6.45) is 1.72. The van der Waals surface area contributed by atoms with Gasteiger partial charge in [-0.05, 0) is 24.3 Å². The van der Waals surface area contributed by atoms with Crippen LogP contribution in [0.1, 0.15) is 0 Å². The Morgan fingerprint density at radius 1 is 1.31 bits per heavy atom. The Bertz CT molecular complexity index is 675. The van der Waals surface area contributed by atoms with Gasteiger partial charge in [0.25, 0.3) is 0 Å². The van der Waals surface area contributed by atoms with Gasteiger partial charge in [0.15, 0.2) is 0 Å². The van der Waals surface area contributed by atoms with Crippen LogP contribution in [0.25, 0.3) is 21.9 Å². The van der Waals surface area contributed by atoms with Crippen molar-refractivity contribution in [1.29, 1.82) is 0 Å². The summed E-state index contributed by atoms with van der Waals surface area (Å²) < 4.78 is 1.29. The van der Waals surface area contributed by atoms with E-state index in [9.17, 15) is 0 Å². The highest BCUT2D eigenvalue weighted by molar-refractivity contribution is 6.03. The molecule has 1 aromatic carbocycles. The number of nitrogens with one attached hydrogen (secondary N) is 1. The van der Waals surface area contributed by atoms with Gasteiger partial charge in [0.2, 0.25) is 5.95 Å². The van der Waals surface area contributed by atoms with Crippen LogP contribution in [0.15, 0.2) is 30.5 Å². The van der Waals surface area contributed by atoms with Crippen molar-refractivity contribution in [1.82, 2.24) is 14.6 Å². The second-order valence-electron chi connectivity index (χ2n) is 3.42. The first-order chi connectivity index (χ1) is 7.81. The van der Waals surface area contributed by atoms with Crippen molar-refractivity contribution in [2.45, 2.75) is 0 Å². The molecule has 0 saturated heterocycles. The van der Waals surface area contributed by atoms with Crippen LogP contribution >= 0.6 is 0 Å². The monoisotopic (exact) mass is 215 g/mol. The number of aromatic nitrogens is 3. The van der Waals surface area contributed by atoms with Gasteiger partial charge < -0.3 is 5.84 Å². The molecule has 0 unspecified atom stereocenters. The number of nitrogen functional groups attached to an aromatic ring is 1. The minimum Gasteiger partial charge on any atom is -0.336 e. The summed E-state index contributed by atoms with van der Waals surface area (Å²) in [6.45, 7) is 0. The fraction of sp³-hybridized carbons (Fsp3) is 0. The lowest BCUT2D eigenvalue weighted by molar-refractivity contribution is 0.381. The molecule has 80 valence electrons. The molecule has 0 bridgehead atoms. The number of hydrogen-bond donors (Lipinski definition) is 3. The van der Waals surface area contributed by atoms with E-state index in [0.717, 1.165) is 16.4 Å². The highest BCUT2D eigenvalue weighted by Gasteiger charge is 2.10. The molecule has 0 aliphatic rings. The number of benzene rings is 1. The molecule has 0 atom stereocenters. The number of rotatable bonds is 1. The average Bonchev–Trinajstić information content (AvgIpc) is 2.67. The van der Waals surface area contributed by atoms with Crippen LogP contribution in [-0.4, -0.2) is 19.9 Å². The van der Waals surface area contributed by atoms with Gasteiger partial charge >= 0.3 is 0 Å². The predicted molar refractivity (Wildman–Crippen MR) is 60.6 cm³/mol. The number of fused-ring (bicyclic) bond motifs is 3. The maximum absolute atomic E-state index is 8.86. The van der Waals surface area contributed by atoms with Crippen LogP contribution < -0.4 is 11.3 Å². The maximum Gasteiger partial charge on any atom is 0.247 e. The number of anilines is 1. The van der Waals surface area contributed by atoms with Crippen molar-refractivity contribution in [2.75, 3.05) is 11.3 Å². The smallest absolute Gasteiger partial charge is 0.247 e. The van der Waals surface area contributed by atoms with Crippen molar-refractivity contribution >= 4 is 27.9 Å². The number of pyridine rings is 1. The third kappa shape index (κ3) is 1.04. The molecule has 4 N–H and O–H groups in total. The van der Waals surface area contributed by atoms with Gasteiger partial charge in [0.05, 0.1) is 11.0 Å². The lowest BCUT2D eigenvalue weighted by atomic mass is 10.2. The summed E-state index contributed by atoms with van der Waals surface area (Å²) in [7, 11) is 0. The Labute approximate surface area is 90.3 Å². The first kappa shape index (κ1) is 8.93. The zero-order valence-electron chi connectivity index (χ0n) is 8.25. The van der Waals surface area contributed by atoms with Crippen LogP contribution in [0, 0.1) is 0 Å². The summed E-state index contributed by atoms with van der Waals surface area (Å²) in [6, 6.07) is 7.44. The second kappa shape index (κ2) is 3.07. The normalized spacial score (nSPS) is 11.1. The quantitative estimate of drug-likeness (QED) is 0.418. The van der Waals surface area contributed by atoms with Gasteiger partial charge in [-0.25, -0.2) is 15.1 Å². The van der Waals surface area contributed by atoms with Gasteiger partial charge in [-0.3, -0.25) is 10.2 Å². The highest BCUT2D eigenvalue weighted by atomic mass is 16.5. The predicted octanol–water partition coefficient (Wildman–Crippen LogP) is 1.10. The topological polar surface area (TPSA) is 89.0 Å². The molecule has 0 amide bonds. The lowest BCUT2D eigenvalue weighted by Crippen LogP contribution is -2.11. The molecule has 0 saturated carbocycles. The number of hydrogen-bond acceptors (Lipinski definition) is 5. The van der Waals surface area contributed by atoms with Gasteiger partial charge in [-0.1, -0.05) is 0 Å². The first-order valence-corrected chi connectivity index (χ1v) is 4.72. The standard InChI is InChI=1S/C10H9N5O/c11-15-8-4-3-7-6(2-1-5-12-7)9(8)13-10(15)14-16/h1-5,16H,11H2,(H,13,14). The number of imidazole rings is 1. The third-order valence-corrected chi connectivity index (χ3v) is 2.54. The summed E-state index contributed by atoms with van der Waals surface area (Å²) in [5.74, 6) is 5.95. The molecule has 2 heterocycles. The van der Waals surface area contributed by atoms with Crippen LogP contribution in [0.5, 0.6) is 0 Å². The molecule has 3 aromatic rings. The minimum atomic E-state index is 0.200. The number of nitrogens with two attached hydrogens (primary N) is 1. The maximum atomic E-state index is 8.86. The van der Waals surface area contributed by atoms with E-state index < -0.39 is 0 Å². The van der Waals surface area contributed by atoms with E-state index >= 15 is 0 Å². The Balaban J connectivity index is 2.51. The second-order valence-corrected chi connectivity index (χ2v) is 3.42. The van der Waals surface area contributed by atoms with Crippen LogP contribution in [-0.2, 0) is 0 Å². The van der Waals surface area contributed by atoms with Crippen LogP contribution in [0.4, 0.5) is 5.95 Å². The van der Waals surface area contributed by atoms with E-state index in [1.165, 1.54) is 4.68 Å². The molecule has 6 heteroatoms. The number of nitrogens with zero attached hydrogens (tertiary/aromatic N) is 3. The summed E-state index contributed by atoms with van der Waals surface area (Å²) in [5.41, 5.74) is 4.25. The van der Waals surface area contributed by atoms with E-state index in [0.29, 0.717) is 5.52 Å². The highest BCUT2D eigenvalue weighted by Crippen LogP contribution is 2.24. The van der Waals surface area contributed by atoms with E-state index in [1.807, 2.05) is 29.7 Å². The van der Waals surface area contributed by atoms with Crippen molar-refractivity contribution in [3.8, 4) is 0 Å². The van der Waals surface area contributed by atoms with Crippen LogP contribution in [0.2, 0.25) is 0 Å². The zero-order chi connectivity index (χ0) is 11.1. The fourth-order valence-corrected chi connectivity index (χ4v) is 1.79. The SMILES string of the molecule is Nn1c(NO)nc2c3cccnc3ccc21. The van der Waals surface area contributed by atoms with Crippen molar-refractivity contribution in [3.63, 3.8) is 0 Å². The molecule has 0 spiro atoms. The van der Waals surface area contributed by atoms with E-state index in [4.69, 9.17) is 11.0 Å². The van der Waals surface area contributed by atoms with E-state index in [-0.39, 0.29) is 5.95 Å². The summed E-state index contributed by atoms with van der Waals surface area (Å²) in [4.78, 5) is 8.42. The van der Waals surface area contributed by atoms with Crippen molar-refractivity contribution < 1.29 is 5.21 Å². The largest absolute Gasteiger partial charge is 0.336 e. The Kier molecular flexibility index (Phi) is 1.72. The minimum absolute atomic E-state index is 0.200. The van der Waals surface area contributed by atoms with Crippen molar-refractivity contribution in [2.24, 2.45) is 0 Å². The Morgan fingerprint density at radius 3 is 3.00 bits per heavy atom. The molecule has 0 fully saturated rings. The van der Waals surface area contributed by atoms with Gasteiger partial charge in [-0.2, -0.15) is 0 Å². The Morgan fingerprint density at radius 2 is 2.19 bits per heavy atom. The van der Waals surface area contributed by atoms with Crippen LogP contribution in [0.3, 0.4) is 0 Å². The van der Waals surface area contributed by atoms with E-state index in [1.54, 1.807) is 6.20 Å². The Hall–Kier alpha value is -2.34. The van der Waals surface area contributed by atoms with E-state index in [2.05, 4.69) is 9.97 Å². The molecule has 16 heavy (non-hydrogen) atoms. The van der Waals surface area contributed by atoms with Gasteiger partial charge in [-0.15, -0.1) is 0 Å². The molecule has 0 aliphatic carbocycles. The van der Waals surface area contributed by atoms with Crippen molar-refractivity contribution in [3.05, 3.63) is 30.5 Å². The van der Waals surface area contributed by atoms with Gasteiger partial charge in [0.1, 0.15) is 5.52 Å². The molecule has 3 rings (SSSR count). The van der Waals surface area contributed by atoms with Gasteiger partial charge in [0, 0.05) is 11.6 Å². The molecule has 2 aromatic heterocycles. The summed E-state index contributed by atoms with van der Waals surface area (Å²) >= 11 is 0. The molecular weight excluding hydrogens is 206 g/mol. The molecule has 0 aliphatic heterocycles.